The second kappa shape index (κ2) is 11.1. The molecule has 0 amide bonds. The lowest BCUT2D eigenvalue weighted by Gasteiger charge is -2.33. The fourth-order valence-corrected chi connectivity index (χ4v) is 7.42. The monoisotopic (exact) mass is 524 g/mol. The van der Waals surface area contributed by atoms with Gasteiger partial charge in [-0.3, -0.25) is 0 Å². The molecule has 1 rings (SSSR count). The number of quaternary nitrogens is 1. The minimum Gasteiger partial charge on any atom is -0.421 e. The number of sulfonamides is 2. The molecule has 0 saturated carbocycles. The van der Waals surface area contributed by atoms with Crippen molar-refractivity contribution in [2.24, 2.45) is 0 Å². The van der Waals surface area contributed by atoms with E-state index >= 15 is 0 Å². The van der Waals surface area contributed by atoms with Crippen LogP contribution in [0.25, 0.3) is 4.13 Å². The number of likely N-dealkylation sites (tertiary alicyclic amines) is 1. The van der Waals surface area contributed by atoms with Gasteiger partial charge in [-0.15, -0.1) is 0 Å². The van der Waals surface area contributed by atoms with Crippen molar-refractivity contribution in [2.45, 2.75) is 62.8 Å². The van der Waals surface area contributed by atoms with Crippen LogP contribution in [0.5, 0.6) is 0 Å². The molecule has 1 saturated heterocycles. The van der Waals surface area contributed by atoms with Gasteiger partial charge in [0.15, 0.2) is 28.4 Å². The zero-order valence-electron chi connectivity index (χ0n) is 17.9. The summed E-state index contributed by atoms with van der Waals surface area (Å²) >= 11 is 0. The van der Waals surface area contributed by atoms with E-state index in [1.807, 2.05) is 0 Å². The molecule has 1 aliphatic rings. The molecule has 7 nitrogen and oxygen atoms in total. The summed E-state index contributed by atoms with van der Waals surface area (Å²) in [4.78, 5) is 0. The number of nitrogens with zero attached hydrogens (tertiary/aromatic N) is 2. The van der Waals surface area contributed by atoms with E-state index in [0.29, 0.717) is 0 Å². The summed E-state index contributed by atoms with van der Waals surface area (Å²) in [5.41, 5.74) is -12.4. The van der Waals surface area contributed by atoms with Gasteiger partial charge in [0.05, 0.1) is 26.7 Å². The van der Waals surface area contributed by atoms with Gasteiger partial charge in [-0.05, 0) is 18.1 Å². The van der Waals surface area contributed by atoms with Gasteiger partial charge in [-0.2, -0.15) is 26.3 Å². The van der Waals surface area contributed by atoms with Crippen molar-refractivity contribution < 1.29 is 52.1 Å². The van der Waals surface area contributed by atoms with Gasteiger partial charge >= 0.3 is 11.0 Å². The molecule has 31 heavy (non-hydrogen) atoms. The Morgan fingerprint density at radius 3 is 1.48 bits per heavy atom. The van der Waals surface area contributed by atoms with Gasteiger partial charge in [0.1, 0.15) is 6.54 Å². The van der Waals surface area contributed by atoms with Crippen molar-refractivity contribution in [2.75, 3.05) is 33.3 Å². The highest BCUT2D eigenvalue weighted by Gasteiger charge is 2.47. The van der Waals surface area contributed by atoms with Crippen LogP contribution in [0.1, 0.15) is 33.6 Å². The van der Waals surface area contributed by atoms with Crippen LogP contribution in [0.15, 0.2) is 0 Å². The highest BCUT2D eigenvalue weighted by molar-refractivity contribution is 8.13. The SMILES string of the molecule is CC[Si](CC)(CC)OCC[N+]1(C)CCCC1.O=S(=O)([N-]S(=O)(=O)C(F)(F)F)C(F)(F)F. The topological polar surface area (TPSA) is 91.6 Å². The molecule has 0 aromatic rings. The summed E-state index contributed by atoms with van der Waals surface area (Å²) in [6.07, 6.45) is 2.82. The van der Waals surface area contributed by atoms with E-state index < -0.39 is 39.4 Å². The van der Waals surface area contributed by atoms with E-state index in [2.05, 4.69) is 27.8 Å². The number of hydrogen-bond acceptors (Lipinski definition) is 5. The minimum atomic E-state index is -6.72. The van der Waals surface area contributed by atoms with Gasteiger partial charge in [-0.25, -0.2) is 16.8 Å². The molecule has 16 heteroatoms. The molecule has 0 N–H and O–H groups in total. The molecule has 0 unspecified atom stereocenters. The Balaban J connectivity index is 0.000000582. The van der Waals surface area contributed by atoms with Gasteiger partial charge in [0.25, 0.3) is 0 Å². The molecule has 0 atom stereocenters. The Morgan fingerprint density at radius 2 is 1.19 bits per heavy atom. The third kappa shape index (κ3) is 9.15. The van der Waals surface area contributed by atoms with E-state index in [1.165, 1.54) is 55.1 Å². The largest absolute Gasteiger partial charge is 0.480 e. The van der Waals surface area contributed by atoms with Crippen LogP contribution in [0.3, 0.4) is 0 Å². The van der Waals surface area contributed by atoms with Crippen molar-refractivity contribution in [3.63, 3.8) is 0 Å². The number of halogens is 6. The molecule has 0 aromatic heterocycles. The molecule has 0 radical (unpaired) electrons. The summed E-state index contributed by atoms with van der Waals surface area (Å²) < 4.78 is 117. The average molecular weight is 525 g/mol. The number of likely N-dealkylation sites (N-methyl/N-ethyl adjacent to an activating group) is 1. The Hall–Kier alpha value is -0.423. The first-order valence-corrected chi connectivity index (χ1v) is 15.1. The second-order valence-corrected chi connectivity index (χ2v) is 15.7. The van der Waals surface area contributed by atoms with Crippen molar-refractivity contribution in [3.8, 4) is 0 Å². The van der Waals surface area contributed by atoms with Crippen molar-refractivity contribution in [1.29, 1.82) is 0 Å². The summed E-state index contributed by atoms with van der Waals surface area (Å²) in [7, 11) is -12.4. The Bertz CT molecular complexity index is 711. The predicted molar refractivity (Wildman–Crippen MR) is 106 cm³/mol. The van der Waals surface area contributed by atoms with E-state index in [-0.39, 0.29) is 0 Å². The Morgan fingerprint density at radius 1 is 0.839 bits per heavy atom. The van der Waals surface area contributed by atoms with Gasteiger partial charge in [0, 0.05) is 12.8 Å². The van der Waals surface area contributed by atoms with E-state index in [0.717, 1.165) is 10.7 Å². The molecule has 1 heterocycles. The quantitative estimate of drug-likeness (QED) is 0.255. The molecule has 0 aliphatic carbocycles. The van der Waals surface area contributed by atoms with Crippen LogP contribution >= 0.6 is 0 Å². The van der Waals surface area contributed by atoms with Crippen LogP contribution < -0.4 is 0 Å². The highest BCUT2D eigenvalue weighted by Crippen LogP contribution is 2.36. The van der Waals surface area contributed by atoms with Gasteiger partial charge in [-0.1, -0.05) is 20.8 Å². The summed E-state index contributed by atoms with van der Waals surface area (Å²) in [6, 6.07) is 3.84. The molecular formula is C15H30F6N2O5S2Si. The number of rotatable bonds is 9. The maximum Gasteiger partial charge on any atom is 0.480 e. The zero-order valence-corrected chi connectivity index (χ0v) is 20.5. The Kier molecular flexibility index (Phi) is 11.0. The van der Waals surface area contributed by atoms with Crippen LogP contribution in [-0.4, -0.2) is 73.9 Å². The molecule has 0 aromatic carbocycles. The van der Waals surface area contributed by atoms with E-state index in [1.54, 1.807) is 0 Å². The van der Waals surface area contributed by atoms with E-state index in [9.17, 15) is 43.2 Å². The maximum absolute atomic E-state index is 11.4. The molecule has 0 spiro atoms. The molecule has 188 valence electrons. The molecular weight excluding hydrogens is 494 g/mol. The summed E-state index contributed by atoms with van der Waals surface area (Å²) in [5, 5.41) is 0. The first-order chi connectivity index (χ1) is 13.8. The lowest BCUT2D eigenvalue weighted by molar-refractivity contribution is -0.897. The number of alkyl halides is 6. The first kappa shape index (κ1) is 30.6. The zero-order chi connectivity index (χ0) is 24.8. The van der Waals surface area contributed by atoms with Crippen LogP contribution in [0.2, 0.25) is 18.1 Å². The molecule has 1 fully saturated rings. The lowest BCUT2D eigenvalue weighted by Crippen LogP contribution is -2.46. The van der Waals surface area contributed by atoms with Gasteiger partial charge in [0.2, 0.25) is 0 Å². The third-order valence-electron chi connectivity index (χ3n) is 5.40. The van der Waals surface area contributed by atoms with Crippen molar-refractivity contribution in [1.82, 2.24) is 0 Å². The first-order valence-electron chi connectivity index (χ1n) is 9.64. The second-order valence-electron chi connectivity index (χ2n) is 7.51. The maximum atomic E-state index is 11.4. The minimum absolute atomic E-state index is 0.778. The summed E-state index contributed by atoms with van der Waals surface area (Å²) in [5.74, 6) is 0. The summed E-state index contributed by atoms with van der Waals surface area (Å²) in [6.45, 7) is 11.9. The van der Waals surface area contributed by atoms with Crippen molar-refractivity contribution in [3.05, 3.63) is 4.13 Å². The van der Waals surface area contributed by atoms with E-state index in [4.69, 9.17) is 4.43 Å². The van der Waals surface area contributed by atoms with Crippen LogP contribution in [0, 0.1) is 0 Å². The van der Waals surface area contributed by atoms with Crippen molar-refractivity contribution >= 4 is 28.4 Å². The smallest absolute Gasteiger partial charge is 0.421 e. The third-order valence-corrected chi connectivity index (χ3v) is 12.8. The predicted octanol–water partition coefficient (Wildman–Crippen LogP) is 4.31. The van der Waals surface area contributed by atoms with Gasteiger partial charge < -0.3 is 13.0 Å². The molecule has 1 aliphatic heterocycles. The van der Waals surface area contributed by atoms with Crippen LogP contribution in [0.4, 0.5) is 26.3 Å². The standard InChI is InChI=1S/C13H30NOSi.C2F6NO4S2/c1-5-16(6-2,7-3)15-13-12-14(4)10-8-9-11-14;3-1(4,5)14(10,11)9-15(12,13)2(6,7)8/h5-13H2,1-4H3;/q+1;-1. The van der Waals surface area contributed by atoms with Crippen LogP contribution in [-0.2, 0) is 24.5 Å². The average Bonchev–Trinajstić information content (AvgIpc) is 3.04. The molecule has 0 bridgehead atoms. The lowest BCUT2D eigenvalue weighted by atomic mass is 10.4. The Labute approximate surface area is 181 Å². The highest BCUT2D eigenvalue weighted by atomic mass is 32.3. The fourth-order valence-electron chi connectivity index (χ4n) is 3.07. The number of hydrogen-bond donors (Lipinski definition) is 0. The fraction of sp³-hybridized carbons (Fsp3) is 1.00. The normalized spacial score (nSPS) is 17.9.